The number of rotatable bonds is 8. The van der Waals surface area contributed by atoms with Crippen molar-refractivity contribution >= 4 is 41.3 Å². The quantitative estimate of drug-likeness (QED) is 0.323. The lowest BCUT2D eigenvalue weighted by Crippen LogP contribution is -2.44. The lowest BCUT2D eigenvalue weighted by Gasteiger charge is -2.26. The molecule has 2 N–H and O–H groups in total. The lowest BCUT2D eigenvalue weighted by molar-refractivity contribution is -0.140. The van der Waals surface area contributed by atoms with Crippen LogP contribution < -0.4 is 10.6 Å². The van der Waals surface area contributed by atoms with Crippen LogP contribution in [0.1, 0.15) is 37.4 Å². The summed E-state index contributed by atoms with van der Waals surface area (Å²) < 4.78 is 37.6. The number of hydrogen-bond donors (Lipinski definition) is 2. The molecule has 0 spiro atoms. The van der Waals surface area contributed by atoms with E-state index in [1.54, 1.807) is 7.05 Å². The van der Waals surface area contributed by atoms with Crippen LogP contribution in [-0.2, 0) is 12.6 Å². The number of guanidine groups is 1. The monoisotopic (exact) mass is 505 g/mol. The Morgan fingerprint density at radius 2 is 2.00 bits per heavy atom. The zero-order chi connectivity index (χ0) is 18.4. The minimum atomic E-state index is -4.37. The number of aromatic nitrogens is 1. The van der Waals surface area contributed by atoms with Crippen LogP contribution in [-0.4, -0.2) is 54.6 Å². The molecule has 1 aromatic rings. The zero-order valence-corrected chi connectivity index (χ0v) is 18.4. The average molecular weight is 505 g/mol. The molecule has 26 heavy (non-hydrogen) atoms. The molecule has 150 valence electrons. The fourth-order valence-electron chi connectivity index (χ4n) is 2.64. The van der Waals surface area contributed by atoms with Gasteiger partial charge in [0.2, 0.25) is 0 Å². The van der Waals surface area contributed by atoms with Crippen LogP contribution in [0.3, 0.4) is 0 Å². The number of alkyl halides is 3. The Morgan fingerprint density at radius 3 is 2.50 bits per heavy atom. The SMILES string of the molecule is CN=C(NCCc1nc(C(F)(F)F)cs1)NCCN(C(C)C)C1CC1.I. The third-order valence-electron chi connectivity index (χ3n) is 4.04. The van der Waals surface area contributed by atoms with Gasteiger partial charge in [0, 0.05) is 50.6 Å². The van der Waals surface area contributed by atoms with E-state index in [0.29, 0.717) is 36.0 Å². The maximum atomic E-state index is 12.5. The van der Waals surface area contributed by atoms with E-state index in [9.17, 15) is 13.2 Å². The molecule has 5 nitrogen and oxygen atoms in total. The Bertz CT molecular complexity index is 570. The van der Waals surface area contributed by atoms with E-state index in [1.165, 1.54) is 12.8 Å². The van der Waals surface area contributed by atoms with Gasteiger partial charge < -0.3 is 10.6 Å². The van der Waals surface area contributed by atoms with Gasteiger partial charge in [-0.25, -0.2) is 4.98 Å². The normalized spacial score (nSPS) is 15.3. The minimum absolute atomic E-state index is 0. The number of aliphatic imine (C=N–C) groups is 1. The van der Waals surface area contributed by atoms with E-state index in [-0.39, 0.29) is 24.0 Å². The van der Waals surface area contributed by atoms with Crippen LogP contribution in [0.25, 0.3) is 0 Å². The van der Waals surface area contributed by atoms with Crippen LogP contribution in [0.4, 0.5) is 13.2 Å². The van der Waals surface area contributed by atoms with Crippen molar-refractivity contribution in [1.29, 1.82) is 0 Å². The molecule has 0 atom stereocenters. The van der Waals surface area contributed by atoms with Gasteiger partial charge in [-0.05, 0) is 26.7 Å². The van der Waals surface area contributed by atoms with E-state index in [4.69, 9.17) is 0 Å². The molecule has 0 radical (unpaired) electrons. The van der Waals surface area contributed by atoms with E-state index >= 15 is 0 Å². The van der Waals surface area contributed by atoms with Gasteiger partial charge in [-0.3, -0.25) is 9.89 Å². The van der Waals surface area contributed by atoms with Crippen LogP contribution in [0.2, 0.25) is 0 Å². The van der Waals surface area contributed by atoms with Gasteiger partial charge in [0.25, 0.3) is 0 Å². The third kappa shape index (κ3) is 7.55. The molecule has 1 aliphatic rings. The molecule has 1 aliphatic carbocycles. The summed E-state index contributed by atoms with van der Waals surface area (Å²) in [7, 11) is 1.68. The van der Waals surface area contributed by atoms with Crippen molar-refractivity contribution < 1.29 is 13.2 Å². The van der Waals surface area contributed by atoms with Gasteiger partial charge in [-0.1, -0.05) is 0 Å². The van der Waals surface area contributed by atoms with Gasteiger partial charge in [0.15, 0.2) is 11.7 Å². The van der Waals surface area contributed by atoms with Crippen molar-refractivity contribution in [2.45, 2.75) is 51.4 Å². The molecule has 1 fully saturated rings. The molecule has 0 aliphatic heterocycles. The number of halogens is 4. The number of nitrogens with one attached hydrogen (secondary N) is 2. The first-order valence-electron chi connectivity index (χ1n) is 8.53. The third-order valence-corrected chi connectivity index (χ3v) is 4.95. The highest BCUT2D eigenvalue weighted by Crippen LogP contribution is 2.30. The first-order chi connectivity index (χ1) is 11.8. The highest BCUT2D eigenvalue weighted by atomic mass is 127. The Hall–Kier alpha value is -0.620. The van der Waals surface area contributed by atoms with Crippen LogP contribution in [0, 0.1) is 0 Å². The number of thiazole rings is 1. The van der Waals surface area contributed by atoms with Crippen molar-refractivity contribution in [2.24, 2.45) is 4.99 Å². The summed E-state index contributed by atoms with van der Waals surface area (Å²) in [6.45, 7) is 6.62. The molecule has 2 rings (SSSR count). The Labute approximate surface area is 173 Å². The van der Waals surface area contributed by atoms with Gasteiger partial charge in [-0.15, -0.1) is 35.3 Å². The molecule has 0 unspecified atom stereocenters. The van der Waals surface area contributed by atoms with E-state index in [0.717, 1.165) is 29.8 Å². The molecule has 0 amide bonds. The largest absolute Gasteiger partial charge is 0.434 e. The summed E-state index contributed by atoms with van der Waals surface area (Å²) in [6, 6.07) is 1.24. The zero-order valence-electron chi connectivity index (χ0n) is 15.3. The van der Waals surface area contributed by atoms with E-state index in [1.807, 2.05) is 0 Å². The molecule has 0 bridgehead atoms. The fraction of sp³-hybridized carbons (Fsp3) is 0.750. The van der Waals surface area contributed by atoms with Crippen molar-refractivity contribution in [3.05, 3.63) is 16.1 Å². The predicted octanol–water partition coefficient (Wildman–Crippen LogP) is 3.36. The average Bonchev–Trinajstić information content (AvgIpc) is 3.24. The van der Waals surface area contributed by atoms with Gasteiger partial charge >= 0.3 is 6.18 Å². The molecule has 1 saturated carbocycles. The maximum Gasteiger partial charge on any atom is 0.434 e. The highest BCUT2D eigenvalue weighted by Gasteiger charge is 2.33. The Balaban J connectivity index is 0.00000338. The maximum absolute atomic E-state index is 12.5. The van der Waals surface area contributed by atoms with Gasteiger partial charge in [-0.2, -0.15) is 13.2 Å². The fourth-order valence-corrected chi connectivity index (χ4v) is 3.44. The highest BCUT2D eigenvalue weighted by molar-refractivity contribution is 14.0. The molecule has 0 aromatic carbocycles. The van der Waals surface area contributed by atoms with Crippen molar-refractivity contribution in [3.8, 4) is 0 Å². The standard InChI is InChI=1S/C16H26F3N5S.HI/c1-11(2)24(12-4-5-12)9-8-22-15(20-3)21-7-6-14-23-13(10-25-14)16(17,18)19;/h10-12H,4-9H2,1-3H3,(H2,20,21,22);1H. The van der Waals surface area contributed by atoms with Crippen molar-refractivity contribution in [3.63, 3.8) is 0 Å². The van der Waals surface area contributed by atoms with Gasteiger partial charge in [0.05, 0.1) is 5.01 Å². The summed E-state index contributed by atoms with van der Waals surface area (Å²) in [6.07, 6.45) is -1.39. The lowest BCUT2D eigenvalue weighted by atomic mass is 10.3. The summed E-state index contributed by atoms with van der Waals surface area (Å²) in [5.41, 5.74) is -0.816. The summed E-state index contributed by atoms with van der Waals surface area (Å²) in [5, 5.41) is 7.90. The van der Waals surface area contributed by atoms with Crippen molar-refractivity contribution in [2.75, 3.05) is 26.7 Å². The van der Waals surface area contributed by atoms with Gasteiger partial charge in [0.1, 0.15) is 0 Å². The summed E-state index contributed by atoms with van der Waals surface area (Å²) in [4.78, 5) is 10.2. The van der Waals surface area contributed by atoms with E-state index in [2.05, 4.69) is 39.4 Å². The second-order valence-corrected chi connectivity index (χ2v) is 7.31. The Morgan fingerprint density at radius 1 is 1.35 bits per heavy atom. The smallest absolute Gasteiger partial charge is 0.356 e. The molecular weight excluding hydrogens is 478 g/mol. The summed E-state index contributed by atoms with van der Waals surface area (Å²) >= 11 is 1.03. The number of hydrogen-bond acceptors (Lipinski definition) is 4. The summed E-state index contributed by atoms with van der Waals surface area (Å²) in [5.74, 6) is 0.659. The van der Waals surface area contributed by atoms with Crippen LogP contribution >= 0.6 is 35.3 Å². The predicted molar refractivity (Wildman–Crippen MR) is 110 cm³/mol. The Kier molecular flexibility index (Phi) is 9.59. The molecule has 10 heteroatoms. The molecule has 0 saturated heterocycles. The van der Waals surface area contributed by atoms with Crippen LogP contribution in [0.5, 0.6) is 0 Å². The first kappa shape index (κ1) is 23.4. The van der Waals surface area contributed by atoms with Crippen LogP contribution in [0.15, 0.2) is 10.4 Å². The molecular formula is C16H27F3IN5S. The molecule has 1 heterocycles. The first-order valence-corrected chi connectivity index (χ1v) is 9.41. The van der Waals surface area contributed by atoms with E-state index < -0.39 is 11.9 Å². The topological polar surface area (TPSA) is 52.6 Å². The van der Waals surface area contributed by atoms with Crippen molar-refractivity contribution in [1.82, 2.24) is 20.5 Å². The second kappa shape index (κ2) is 10.6. The second-order valence-electron chi connectivity index (χ2n) is 6.36. The number of nitrogens with zero attached hydrogens (tertiary/aromatic N) is 3. The molecule has 1 aromatic heterocycles. The minimum Gasteiger partial charge on any atom is -0.356 e.